The maximum absolute atomic E-state index is 13.4. The van der Waals surface area contributed by atoms with E-state index in [1.807, 2.05) is 39.0 Å². The summed E-state index contributed by atoms with van der Waals surface area (Å²) in [6, 6.07) is 11.9. The molecule has 2 aromatic carbocycles. The van der Waals surface area contributed by atoms with Crippen LogP contribution in [0.1, 0.15) is 43.6 Å². The number of amides is 3. The topological polar surface area (TPSA) is 155 Å². The smallest absolute Gasteiger partial charge is 0.410 e. The normalized spacial score (nSPS) is 16.1. The third-order valence-electron chi connectivity index (χ3n) is 7.32. The lowest BCUT2D eigenvalue weighted by atomic mass is 9.97. The first kappa shape index (κ1) is 33.7. The molecule has 1 saturated heterocycles. The number of ether oxygens (including phenoxy) is 2. The van der Waals surface area contributed by atoms with E-state index in [2.05, 4.69) is 14.9 Å². The molecule has 2 heterocycles. The molecule has 3 amide bonds. The second-order valence-electron chi connectivity index (χ2n) is 11.8. The molecule has 2 N–H and O–H groups in total. The molecule has 0 bridgehead atoms. The van der Waals surface area contributed by atoms with Crippen LogP contribution in [0.2, 0.25) is 0 Å². The van der Waals surface area contributed by atoms with E-state index >= 15 is 0 Å². The maximum atomic E-state index is 13.4. The Kier molecular flexibility index (Phi) is 10.7. The summed E-state index contributed by atoms with van der Waals surface area (Å²) in [4.78, 5) is 56.4. The van der Waals surface area contributed by atoms with Crippen LogP contribution in [-0.4, -0.2) is 106 Å². The van der Waals surface area contributed by atoms with Gasteiger partial charge in [-0.25, -0.2) is 13.2 Å². The lowest BCUT2D eigenvalue weighted by Crippen LogP contribution is -2.51. The van der Waals surface area contributed by atoms with Gasteiger partial charge in [0.15, 0.2) is 0 Å². The van der Waals surface area contributed by atoms with Crippen LogP contribution in [0.5, 0.6) is 0 Å². The Balaban J connectivity index is 1.35. The number of rotatable bonds is 10. The molecule has 0 aromatic heterocycles. The number of carbonyl (C=O) groups excluding carboxylic acids is 4. The number of hydrogen-bond donors (Lipinski definition) is 2. The molecule has 4 rings (SSSR count). The Hall–Kier alpha value is -4.17. The van der Waals surface area contributed by atoms with Crippen molar-refractivity contribution >= 4 is 39.6 Å². The van der Waals surface area contributed by atoms with Gasteiger partial charge in [-0.15, -0.1) is 0 Å². The van der Waals surface area contributed by atoms with Crippen LogP contribution in [0.4, 0.5) is 10.5 Å². The number of piperazine rings is 1. The van der Waals surface area contributed by atoms with E-state index < -0.39 is 33.5 Å². The summed E-state index contributed by atoms with van der Waals surface area (Å²) in [5, 5.41) is 2.57. The van der Waals surface area contributed by atoms with Crippen molar-refractivity contribution in [3.63, 3.8) is 0 Å². The molecule has 2 aliphatic heterocycles. The molecular formula is C31H41N5O8S. The lowest BCUT2D eigenvalue weighted by Gasteiger charge is -2.37. The fraction of sp³-hybridized carbons (Fsp3) is 0.484. The van der Waals surface area contributed by atoms with E-state index in [0.717, 1.165) is 11.3 Å². The third kappa shape index (κ3) is 8.94. The van der Waals surface area contributed by atoms with Crippen LogP contribution in [-0.2, 0) is 35.5 Å². The fourth-order valence-corrected chi connectivity index (χ4v) is 6.25. The molecule has 2 aliphatic rings. The van der Waals surface area contributed by atoms with E-state index in [1.165, 1.54) is 17.0 Å². The Morgan fingerprint density at radius 1 is 0.978 bits per heavy atom. The predicted octanol–water partition coefficient (Wildman–Crippen LogP) is 1.77. The fourth-order valence-electron chi connectivity index (χ4n) is 5.05. The van der Waals surface area contributed by atoms with Gasteiger partial charge in [-0.3, -0.25) is 14.4 Å². The van der Waals surface area contributed by atoms with Crippen LogP contribution >= 0.6 is 0 Å². The van der Waals surface area contributed by atoms with E-state index in [-0.39, 0.29) is 36.6 Å². The summed E-state index contributed by atoms with van der Waals surface area (Å²) in [5.41, 5.74) is 1.66. The Morgan fingerprint density at radius 3 is 2.31 bits per heavy atom. The van der Waals surface area contributed by atoms with Gasteiger partial charge in [-0.2, -0.15) is 4.72 Å². The van der Waals surface area contributed by atoms with Gasteiger partial charge in [0.1, 0.15) is 11.6 Å². The van der Waals surface area contributed by atoms with Crippen molar-refractivity contribution in [3.05, 3.63) is 59.7 Å². The molecule has 45 heavy (non-hydrogen) atoms. The zero-order valence-electron chi connectivity index (χ0n) is 26.1. The maximum Gasteiger partial charge on any atom is 0.410 e. The Labute approximate surface area is 263 Å². The highest BCUT2D eigenvalue weighted by Crippen LogP contribution is 2.26. The molecule has 13 nitrogen and oxygen atoms in total. The number of esters is 1. The van der Waals surface area contributed by atoms with Crippen LogP contribution in [0, 0.1) is 0 Å². The molecule has 0 spiro atoms. The van der Waals surface area contributed by atoms with Crippen molar-refractivity contribution in [2.45, 2.75) is 50.7 Å². The van der Waals surface area contributed by atoms with Gasteiger partial charge in [0.2, 0.25) is 15.9 Å². The lowest BCUT2D eigenvalue weighted by molar-refractivity contribution is -0.145. The molecule has 14 heteroatoms. The van der Waals surface area contributed by atoms with Crippen molar-refractivity contribution in [1.29, 1.82) is 0 Å². The number of benzene rings is 2. The van der Waals surface area contributed by atoms with Crippen molar-refractivity contribution in [1.82, 2.24) is 19.8 Å². The second-order valence-corrected chi connectivity index (χ2v) is 13.5. The minimum Gasteiger partial charge on any atom is -0.465 e. The monoisotopic (exact) mass is 643 g/mol. The number of nitrogens with one attached hydrogen (secondary N) is 2. The summed E-state index contributed by atoms with van der Waals surface area (Å²) < 4.78 is 38.4. The first-order chi connectivity index (χ1) is 21.3. The Morgan fingerprint density at radius 2 is 1.67 bits per heavy atom. The van der Waals surface area contributed by atoms with E-state index in [0.29, 0.717) is 44.7 Å². The van der Waals surface area contributed by atoms with Gasteiger partial charge in [0.25, 0.3) is 5.91 Å². The van der Waals surface area contributed by atoms with Crippen molar-refractivity contribution in [3.8, 4) is 0 Å². The van der Waals surface area contributed by atoms with Gasteiger partial charge in [-0.1, -0.05) is 24.3 Å². The van der Waals surface area contributed by atoms with Crippen LogP contribution in [0.15, 0.2) is 53.4 Å². The number of sulfonamides is 1. The molecular weight excluding hydrogens is 602 g/mol. The highest BCUT2D eigenvalue weighted by atomic mass is 32.2. The number of anilines is 1. The minimum absolute atomic E-state index is 0.0272. The highest BCUT2D eigenvalue weighted by molar-refractivity contribution is 7.89. The number of nitrogens with zero attached hydrogens (tertiary/aromatic N) is 3. The molecule has 0 aliphatic carbocycles. The zero-order chi connectivity index (χ0) is 32.8. The van der Waals surface area contributed by atoms with Crippen LogP contribution in [0.3, 0.4) is 0 Å². The van der Waals surface area contributed by atoms with Crippen LogP contribution in [0.25, 0.3) is 0 Å². The molecule has 1 atom stereocenters. The third-order valence-corrected chi connectivity index (χ3v) is 8.81. The van der Waals surface area contributed by atoms with Crippen molar-refractivity contribution < 1.29 is 37.1 Å². The van der Waals surface area contributed by atoms with Gasteiger partial charge in [0.05, 0.1) is 18.0 Å². The first-order valence-corrected chi connectivity index (χ1v) is 16.4. The number of fused-ring (bicyclic) bond motifs is 1. The van der Waals surface area contributed by atoms with E-state index in [9.17, 15) is 27.6 Å². The number of hydrogen-bond acceptors (Lipinski definition) is 9. The molecule has 244 valence electrons. The summed E-state index contributed by atoms with van der Waals surface area (Å²) in [5.74, 6) is -1.68. The van der Waals surface area contributed by atoms with Crippen molar-refractivity contribution in [2.75, 3.05) is 57.3 Å². The average Bonchev–Trinajstić information content (AvgIpc) is 3.00. The van der Waals surface area contributed by atoms with Crippen LogP contribution < -0.4 is 14.9 Å². The summed E-state index contributed by atoms with van der Waals surface area (Å²) in [6.07, 6.45) is 0.211. The summed E-state index contributed by atoms with van der Waals surface area (Å²) in [6.45, 7) is 8.94. The average molecular weight is 644 g/mol. The van der Waals surface area contributed by atoms with E-state index in [4.69, 9.17) is 9.47 Å². The Bertz CT molecular complexity index is 1500. The zero-order valence-corrected chi connectivity index (χ0v) is 26.9. The summed E-state index contributed by atoms with van der Waals surface area (Å²) >= 11 is 0. The quantitative estimate of drug-likeness (QED) is 0.369. The second kappa shape index (κ2) is 14.3. The molecule has 1 fully saturated rings. The summed E-state index contributed by atoms with van der Waals surface area (Å²) in [7, 11) is -4.06. The van der Waals surface area contributed by atoms with Gasteiger partial charge in [-0.05, 0) is 63.9 Å². The van der Waals surface area contributed by atoms with Crippen molar-refractivity contribution in [2.24, 2.45) is 0 Å². The first-order valence-electron chi connectivity index (χ1n) is 14.9. The number of carbonyl (C=O) groups is 4. The SMILES string of the molecule is CCOC(=O)[C@H](CNC(=O)CN1CCc2ccc(N3CCN(C(=O)OC(C)(C)C)CC3)cc2C1=O)NS(=O)(=O)c1ccccc1. The molecule has 0 unspecified atom stereocenters. The largest absolute Gasteiger partial charge is 0.465 e. The molecule has 0 radical (unpaired) electrons. The standard InChI is InChI=1S/C31H41N5O8S/c1-5-43-29(39)26(33-45(41,42)24-9-7-6-8-10-24)20-32-27(37)21-36-14-13-22-11-12-23(19-25(22)28(36)38)34-15-17-35(18-16-34)30(40)44-31(2,3)4/h6-12,19,26,33H,5,13-18,20-21H2,1-4H3,(H,32,37)/t26-/m0/s1. The van der Waals surface area contributed by atoms with E-state index in [1.54, 1.807) is 30.0 Å². The predicted molar refractivity (Wildman–Crippen MR) is 166 cm³/mol. The van der Waals surface area contributed by atoms with Gasteiger partial charge in [0, 0.05) is 50.5 Å². The molecule has 0 saturated carbocycles. The van der Waals surface area contributed by atoms with Gasteiger partial charge < -0.3 is 29.5 Å². The highest BCUT2D eigenvalue weighted by Gasteiger charge is 2.31. The molecule has 2 aromatic rings. The minimum atomic E-state index is -4.06. The van der Waals surface area contributed by atoms with Gasteiger partial charge >= 0.3 is 12.1 Å².